The molecule has 1 unspecified atom stereocenters. The summed E-state index contributed by atoms with van der Waals surface area (Å²) in [7, 11) is 2.18. The standard InChI is InChI=1S/C21H27N3/c1-4-24(3)15-16(2)20-14-23-21-11-10-18(12-19(20)21)22-13-17-8-6-5-7-9-17/h5-12,14,16,22-23H,4,13,15H2,1-3H3. The van der Waals surface area contributed by atoms with E-state index in [1.807, 2.05) is 0 Å². The van der Waals surface area contributed by atoms with Gasteiger partial charge in [0.15, 0.2) is 0 Å². The third-order valence-corrected chi connectivity index (χ3v) is 4.71. The van der Waals surface area contributed by atoms with Crippen LogP contribution in [0.25, 0.3) is 10.9 Å². The fraction of sp³-hybridized carbons (Fsp3) is 0.333. The summed E-state index contributed by atoms with van der Waals surface area (Å²) in [6.45, 7) is 7.51. The van der Waals surface area contributed by atoms with Crippen LogP contribution in [0.15, 0.2) is 54.7 Å². The van der Waals surface area contributed by atoms with Crippen LogP contribution in [0.2, 0.25) is 0 Å². The van der Waals surface area contributed by atoms with E-state index in [0.29, 0.717) is 5.92 Å². The van der Waals surface area contributed by atoms with Gasteiger partial charge in [-0.25, -0.2) is 0 Å². The number of rotatable bonds is 7. The highest BCUT2D eigenvalue weighted by atomic mass is 15.1. The number of aromatic nitrogens is 1. The molecule has 0 bridgehead atoms. The van der Waals surface area contributed by atoms with Crippen LogP contribution in [0.4, 0.5) is 5.69 Å². The Labute approximate surface area is 144 Å². The van der Waals surface area contributed by atoms with Crippen LogP contribution in [-0.2, 0) is 6.54 Å². The number of likely N-dealkylation sites (N-methyl/N-ethyl adjacent to an activating group) is 1. The Morgan fingerprint density at radius 3 is 2.67 bits per heavy atom. The SMILES string of the molecule is CCN(C)CC(C)c1c[nH]c2ccc(NCc3ccccc3)cc12. The molecular weight excluding hydrogens is 294 g/mol. The third kappa shape index (κ3) is 3.80. The van der Waals surface area contributed by atoms with E-state index in [9.17, 15) is 0 Å². The maximum absolute atomic E-state index is 3.54. The molecule has 0 spiro atoms. The molecule has 0 aliphatic rings. The van der Waals surface area contributed by atoms with Crippen molar-refractivity contribution in [1.82, 2.24) is 9.88 Å². The van der Waals surface area contributed by atoms with Gasteiger partial charge in [-0.05, 0) is 48.8 Å². The van der Waals surface area contributed by atoms with Crippen molar-refractivity contribution in [3.8, 4) is 0 Å². The van der Waals surface area contributed by atoms with E-state index in [2.05, 4.69) is 90.8 Å². The first-order valence-electron chi connectivity index (χ1n) is 8.74. The van der Waals surface area contributed by atoms with Crippen molar-refractivity contribution in [2.24, 2.45) is 0 Å². The van der Waals surface area contributed by atoms with Crippen molar-refractivity contribution in [3.63, 3.8) is 0 Å². The fourth-order valence-corrected chi connectivity index (χ4v) is 3.15. The first-order chi connectivity index (χ1) is 11.7. The predicted octanol–water partition coefficient (Wildman–Crippen LogP) is 4.84. The highest BCUT2D eigenvalue weighted by molar-refractivity contribution is 5.87. The zero-order valence-corrected chi connectivity index (χ0v) is 14.8. The van der Waals surface area contributed by atoms with Crippen molar-refractivity contribution in [2.45, 2.75) is 26.3 Å². The molecule has 3 aromatic rings. The number of H-pyrrole nitrogens is 1. The van der Waals surface area contributed by atoms with Gasteiger partial charge >= 0.3 is 0 Å². The number of fused-ring (bicyclic) bond motifs is 1. The normalized spacial score (nSPS) is 12.7. The third-order valence-electron chi connectivity index (χ3n) is 4.71. The zero-order valence-electron chi connectivity index (χ0n) is 14.8. The first kappa shape index (κ1) is 16.6. The Hall–Kier alpha value is -2.26. The van der Waals surface area contributed by atoms with Gasteiger partial charge in [-0.15, -0.1) is 0 Å². The molecule has 0 fully saturated rings. The fourth-order valence-electron chi connectivity index (χ4n) is 3.15. The molecule has 0 saturated carbocycles. The van der Waals surface area contributed by atoms with Gasteiger partial charge in [-0.1, -0.05) is 44.2 Å². The lowest BCUT2D eigenvalue weighted by Gasteiger charge is -2.19. The van der Waals surface area contributed by atoms with E-state index in [1.54, 1.807) is 0 Å². The molecule has 24 heavy (non-hydrogen) atoms. The number of benzene rings is 2. The monoisotopic (exact) mass is 321 g/mol. The van der Waals surface area contributed by atoms with Crippen LogP contribution >= 0.6 is 0 Å². The topological polar surface area (TPSA) is 31.1 Å². The lowest BCUT2D eigenvalue weighted by molar-refractivity contribution is 0.334. The Balaban J connectivity index is 1.78. The largest absolute Gasteiger partial charge is 0.381 e. The quantitative estimate of drug-likeness (QED) is 0.652. The molecule has 3 nitrogen and oxygen atoms in total. The van der Waals surface area contributed by atoms with Gasteiger partial charge in [0.2, 0.25) is 0 Å². The van der Waals surface area contributed by atoms with E-state index in [0.717, 1.165) is 19.6 Å². The average Bonchev–Trinajstić information content (AvgIpc) is 3.04. The number of aromatic amines is 1. The second kappa shape index (κ2) is 7.54. The number of hydrogen-bond acceptors (Lipinski definition) is 2. The minimum atomic E-state index is 0.507. The molecule has 1 atom stereocenters. The summed E-state index contributed by atoms with van der Waals surface area (Å²) in [4.78, 5) is 5.78. The van der Waals surface area contributed by atoms with E-state index in [-0.39, 0.29) is 0 Å². The van der Waals surface area contributed by atoms with Crippen molar-refractivity contribution in [1.29, 1.82) is 0 Å². The van der Waals surface area contributed by atoms with Gasteiger partial charge in [0.25, 0.3) is 0 Å². The van der Waals surface area contributed by atoms with Gasteiger partial charge in [0, 0.05) is 35.9 Å². The van der Waals surface area contributed by atoms with E-state index in [4.69, 9.17) is 0 Å². The second-order valence-electron chi connectivity index (χ2n) is 6.60. The molecule has 1 heterocycles. The van der Waals surface area contributed by atoms with Gasteiger partial charge < -0.3 is 15.2 Å². The molecule has 2 aromatic carbocycles. The van der Waals surface area contributed by atoms with Crippen LogP contribution < -0.4 is 5.32 Å². The van der Waals surface area contributed by atoms with Gasteiger partial charge in [0.05, 0.1) is 0 Å². The smallest absolute Gasteiger partial charge is 0.0458 e. The lowest BCUT2D eigenvalue weighted by atomic mass is 9.99. The van der Waals surface area contributed by atoms with Crippen molar-refractivity contribution < 1.29 is 0 Å². The molecule has 0 saturated heterocycles. The van der Waals surface area contributed by atoms with E-state index >= 15 is 0 Å². The predicted molar refractivity (Wildman–Crippen MR) is 104 cm³/mol. The number of nitrogens with one attached hydrogen (secondary N) is 2. The Morgan fingerprint density at radius 1 is 1.12 bits per heavy atom. The summed E-state index contributed by atoms with van der Waals surface area (Å²) in [6.07, 6.45) is 2.17. The van der Waals surface area contributed by atoms with Crippen molar-refractivity contribution >= 4 is 16.6 Å². The Morgan fingerprint density at radius 2 is 1.92 bits per heavy atom. The second-order valence-corrected chi connectivity index (χ2v) is 6.60. The molecule has 2 N–H and O–H groups in total. The number of anilines is 1. The van der Waals surface area contributed by atoms with Crippen LogP contribution in [-0.4, -0.2) is 30.0 Å². The molecule has 0 radical (unpaired) electrons. The summed E-state index contributed by atoms with van der Waals surface area (Å²) < 4.78 is 0. The van der Waals surface area contributed by atoms with E-state index in [1.165, 1.54) is 27.7 Å². The van der Waals surface area contributed by atoms with Gasteiger partial charge in [-0.2, -0.15) is 0 Å². The lowest BCUT2D eigenvalue weighted by Crippen LogP contribution is -2.22. The zero-order chi connectivity index (χ0) is 16.9. The molecule has 0 aliphatic heterocycles. The molecule has 1 aromatic heterocycles. The highest BCUT2D eigenvalue weighted by Gasteiger charge is 2.13. The van der Waals surface area contributed by atoms with Crippen LogP contribution in [0.5, 0.6) is 0 Å². The molecule has 0 aliphatic carbocycles. The minimum absolute atomic E-state index is 0.507. The first-order valence-corrected chi connectivity index (χ1v) is 8.74. The molecule has 3 heteroatoms. The summed E-state index contributed by atoms with van der Waals surface area (Å²) in [6, 6.07) is 17.1. The highest BCUT2D eigenvalue weighted by Crippen LogP contribution is 2.28. The molecule has 0 amide bonds. The summed E-state index contributed by atoms with van der Waals surface area (Å²) in [5.41, 5.74) is 5.07. The van der Waals surface area contributed by atoms with Gasteiger partial charge in [-0.3, -0.25) is 0 Å². The maximum atomic E-state index is 3.54. The summed E-state index contributed by atoms with van der Waals surface area (Å²) in [5, 5.41) is 4.86. The van der Waals surface area contributed by atoms with Crippen molar-refractivity contribution in [2.75, 3.05) is 25.5 Å². The summed E-state index contributed by atoms with van der Waals surface area (Å²) in [5.74, 6) is 0.507. The Kier molecular flexibility index (Phi) is 5.21. The van der Waals surface area contributed by atoms with Crippen molar-refractivity contribution in [3.05, 3.63) is 65.9 Å². The maximum Gasteiger partial charge on any atom is 0.0458 e. The molecular formula is C21H27N3. The molecule has 3 rings (SSSR count). The minimum Gasteiger partial charge on any atom is -0.381 e. The molecule has 126 valence electrons. The number of hydrogen-bond donors (Lipinski definition) is 2. The van der Waals surface area contributed by atoms with Crippen LogP contribution in [0.1, 0.15) is 30.9 Å². The Bertz CT molecular complexity index is 776. The van der Waals surface area contributed by atoms with Gasteiger partial charge in [0.1, 0.15) is 0 Å². The van der Waals surface area contributed by atoms with E-state index < -0.39 is 0 Å². The summed E-state index contributed by atoms with van der Waals surface area (Å²) >= 11 is 0. The van der Waals surface area contributed by atoms with Crippen LogP contribution in [0, 0.1) is 0 Å². The van der Waals surface area contributed by atoms with Crippen LogP contribution in [0.3, 0.4) is 0 Å². The average molecular weight is 321 g/mol. The number of nitrogens with zero attached hydrogens (tertiary/aromatic N) is 1.